The largest absolute Gasteiger partial charge is 0.506 e. The van der Waals surface area contributed by atoms with Gasteiger partial charge in [0.15, 0.2) is 0 Å². The molecule has 13 nitrogen and oxygen atoms in total. The molecule has 13 heteroatoms. The summed E-state index contributed by atoms with van der Waals surface area (Å²) in [5, 5.41) is 30.6. The fourth-order valence-electron chi connectivity index (χ4n) is 7.99. The molecule has 6 N–H and O–H groups in total. The lowest BCUT2D eigenvalue weighted by Gasteiger charge is -2.31. The second-order valence-electron chi connectivity index (χ2n) is 16.4. The van der Waals surface area contributed by atoms with E-state index >= 15 is 0 Å². The summed E-state index contributed by atoms with van der Waals surface area (Å²) in [6.07, 6.45) is 2.68. The molecule has 0 bridgehead atoms. The number of phenolic OH excluding ortho intramolecular Hbond substituents is 1. The van der Waals surface area contributed by atoms with Gasteiger partial charge in [-0.3, -0.25) is 14.9 Å². The van der Waals surface area contributed by atoms with Crippen molar-refractivity contribution in [2.24, 2.45) is 0 Å². The van der Waals surface area contributed by atoms with Gasteiger partial charge in [0.1, 0.15) is 18.1 Å². The molecule has 0 radical (unpaired) electrons. The molecule has 2 heterocycles. The Hall–Kier alpha value is -6.64. The van der Waals surface area contributed by atoms with Crippen molar-refractivity contribution < 1.29 is 29.3 Å². The first-order valence-corrected chi connectivity index (χ1v) is 22.1. The number of rotatable bonds is 17. The summed E-state index contributed by atoms with van der Waals surface area (Å²) < 4.78 is 5.73. The van der Waals surface area contributed by atoms with Crippen molar-refractivity contribution in [3.8, 4) is 16.9 Å². The maximum absolute atomic E-state index is 12.7. The van der Waals surface area contributed by atoms with E-state index in [1.54, 1.807) is 17.0 Å². The van der Waals surface area contributed by atoms with Crippen molar-refractivity contribution in [2.45, 2.75) is 63.8 Å². The quantitative estimate of drug-likeness (QED) is 0.0508. The van der Waals surface area contributed by atoms with Crippen LogP contribution in [-0.2, 0) is 33.7 Å². The summed E-state index contributed by atoms with van der Waals surface area (Å²) in [5.41, 5.74) is 7.58. The summed E-state index contributed by atoms with van der Waals surface area (Å²) in [5.74, 6) is 0.0661. The SMILES string of the molecule is CC(Cc1cccc(CC=O)c1)NC[C@H](O)c1ccc(O)c2[nH]c(=O)ccc12.CNCc1ccc(N(C)C(=O)CCN2CCC(OC(=O)Nc3ccccc3-c3ccccc3)CC2)cc1. The van der Waals surface area contributed by atoms with Gasteiger partial charge in [0.05, 0.1) is 17.3 Å². The van der Waals surface area contributed by atoms with Gasteiger partial charge in [-0.2, -0.15) is 0 Å². The number of aromatic hydroxyl groups is 1. The lowest BCUT2D eigenvalue weighted by Crippen LogP contribution is -2.40. The topological polar surface area (TPSA) is 176 Å². The van der Waals surface area contributed by atoms with E-state index in [4.69, 9.17) is 4.74 Å². The molecular weight excluding hydrogens is 821 g/mol. The summed E-state index contributed by atoms with van der Waals surface area (Å²) >= 11 is 0. The molecule has 0 spiro atoms. The molecule has 340 valence electrons. The monoisotopic (exact) mass is 880 g/mol. The number of hydrogen-bond donors (Lipinski definition) is 6. The standard InChI is InChI=1S/C30H36N4O3.C22H24N2O4/c1-31-22-23-12-14-25(15-13-23)33(2)29(35)18-21-34-19-16-26(17-20-34)37-30(36)32-28-11-7-6-10-27(28)24-8-4-3-5-9-24;1-14(11-16-4-2-3-15(12-16)9-10-25)23-13-20(27)17-5-7-19(26)22-18(17)6-8-21(28)24-22/h3-15,26,31H,16-22H2,1-2H3,(H,32,36);2-8,10,12,14,20,23,26-27H,9,11,13H2,1H3,(H,24,28)/t;14?,20-/m.0/s1. The van der Waals surface area contributed by atoms with Gasteiger partial charge >= 0.3 is 6.09 Å². The van der Waals surface area contributed by atoms with Crippen molar-refractivity contribution in [3.05, 3.63) is 160 Å². The molecule has 1 unspecified atom stereocenters. The number of fused-ring (bicyclic) bond motifs is 1. The van der Waals surface area contributed by atoms with E-state index in [1.807, 2.05) is 124 Å². The average molecular weight is 881 g/mol. The minimum absolute atomic E-state index is 0.0276. The zero-order valence-corrected chi connectivity index (χ0v) is 37.3. The van der Waals surface area contributed by atoms with Gasteiger partial charge in [-0.25, -0.2) is 4.79 Å². The highest BCUT2D eigenvalue weighted by atomic mass is 16.6. The fraction of sp³-hybridized carbons (Fsp3) is 0.308. The number of aromatic amines is 1. The van der Waals surface area contributed by atoms with Crippen LogP contribution in [-0.4, -0.2) is 90.8 Å². The predicted octanol–water partition coefficient (Wildman–Crippen LogP) is 7.37. The molecule has 2 atom stereocenters. The molecule has 1 aliphatic heterocycles. The number of anilines is 2. The number of amides is 2. The number of nitrogens with zero attached hydrogens (tertiary/aromatic N) is 2. The normalized spacial score (nSPS) is 13.8. The lowest BCUT2D eigenvalue weighted by atomic mass is 10.0. The summed E-state index contributed by atoms with van der Waals surface area (Å²) in [6, 6.07) is 39.9. The van der Waals surface area contributed by atoms with Crippen molar-refractivity contribution >= 4 is 40.6 Å². The Balaban J connectivity index is 0.000000224. The number of hydrogen-bond acceptors (Lipinski definition) is 10. The third-order valence-corrected chi connectivity index (χ3v) is 11.6. The number of likely N-dealkylation sites (tertiary alicyclic amines) is 1. The fourth-order valence-corrected chi connectivity index (χ4v) is 7.99. The second kappa shape index (κ2) is 23.9. The van der Waals surface area contributed by atoms with E-state index in [1.165, 1.54) is 17.7 Å². The minimum atomic E-state index is -0.794. The average Bonchev–Trinajstić information content (AvgIpc) is 3.32. The number of aromatic nitrogens is 1. The smallest absolute Gasteiger partial charge is 0.411 e. The molecule has 65 heavy (non-hydrogen) atoms. The lowest BCUT2D eigenvalue weighted by molar-refractivity contribution is -0.118. The van der Waals surface area contributed by atoms with Crippen molar-refractivity contribution in [2.75, 3.05) is 50.5 Å². The van der Waals surface area contributed by atoms with E-state index in [9.17, 15) is 29.4 Å². The number of benzene rings is 5. The van der Waals surface area contributed by atoms with Gasteiger partial charge in [0.25, 0.3) is 0 Å². The number of para-hydroxylation sites is 1. The minimum Gasteiger partial charge on any atom is -0.506 e. The molecular formula is C52H60N6O7. The van der Waals surface area contributed by atoms with E-state index < -0.39 is 12.2 Å². The Bertz CT molecular complexity index is 2540. The number of aliphatic hydroxyl groups is 1. The number of aldehydes is 1. The van der Waals surface area contributed by atoms with Crippen LogP contribution in [0.5, 0.6) is 5.75 Å². The number of carbonyl (C=O) groups excluding carboxylic acids is 3. The Morgan fingerprint density at radius 1 is 0.892 bits per heavy atom. The highest BCUT2D eigenvalue weighted by molar-refractivity contribution is 5.93. The molecule has 1 aromatic heterocycles. The molecule has 1 saturated heterocycles. The molecule has 7 rings (SSSR count). The number of aliphatic hydroxyl groups excluding tert-OH is 1. The van der Waals surface area contributed by atoms with Gasteiger partial charge in [-0.1, -0.05) is 91.0 Å². The molecule has 0 aliphatic carbocycles. The van der Waals surface area contributed by atoms with E-state index in [-0.39, 0.29) is 29.4 Å². The Labute approximate surface area is 380 Å². The van der Waals surface area contributed by atoms with Gasteiger partial charge in [-0.15, -0.1) is 0 Å². The summed E-state index contributed by atoms with van der Waals surface area (Å²) in [7, 11) is 3.74. The number of ether oxygens (including phenoxy) is 1. The Morgan fingerprint density at radius 3 is 2.35 bits per heavy atom. The Kier molecular flexibility index (Phi) is 17.6. The second-order valence-corrected chi connectivity index (χ2v) is 16.4. The molecule has 2 amide bonds. The first-order valence-electron chi connectivity index (χ1n) is 22.1. The highest BCUT2D eigenvalue weighted by Gasteiger charge is 2.24. The number of H-pyrrole nitrogens is 1. The third kappa shape index (κ3) is 13.9. The molecule has 1 aliphatic rings. The number of pyridine rings is 1. The van der Waals surface area contributed by atoms with Crippen LogP contribution in [0.1, 0.15) is 54.5 Å². The van der Waals surface area contributed by atoms with Crippen molar-refractivity contribution in [1.29, 1.82) is 0 Å². The predicted molar refractivity (Wildman–Crippen MR) is 257 cm³/mol. The zero-order chi connectivity index (χ0) is 46.1. The van der Waals surface area contributed by atoms with E-state index in [0.29, 0.717) is 42.4 Å². The van der Waals surface area contributed by atoms with E-state index in [2.05, 4.69) is 25.8 Å². The van der Waals surface area contributed by atoms with Gasteiger partial charge in [0, 0.05) is 81.4 Å². The number of phenols is 1. The maximum atomic E-state index is 12.7. The first kappa shape index (κ1) is 47.8. The number of carbonyl (C=O) groups is 3. The Morgan fingerprint density at radius 2 is 1.62 bits per heavy atom. The van der Waals surface area contributed by atoms with Crippen LogP contribution in [0.15, 0.2) is 132 Å². The van der Waals surface area contributed by atoms with Gasteiger partial charge in [-0.05, 0) is 91.4 Å². The van der Waals surface area contributed by atoms with Crippen molar-refractivity contribution in [3.63, 3.8) is 0 Å². The highest BCUT2D eigenvalue weighted by Crippen LogP contribution is 2.30. The first-order chi connectivity index (χ1) is 31.5. The summed E-state index contributed by atoms with van der Waals surface area (Å²) in [4.78, 5) is 54.1. The summed E-state index contributed by atoms with van der Waals surface area (Å²) in [6.45, 7) is 5.47. The van der Waals surface area contributed by atoms with Gasteiger partial charge < -0.3 is 45.2 Å². The van der Waals surface area contributed by atoms with Crippen LogP contribution in [0.25, 0.3) is 22.0 Å². The van der Waals surface area contributed by atoms with Crippen LogP contribution in [0.2, 0.25) is 0 Å². The number of nitrogens with one attached hydrogen (secondary N) is 4. The molecule has 1 fully saturated rings. The van der Waals surface area contributed by atoms with Crippen molar-refractivity contribution in [1.82, 2.24) is 20.5 Å². The van der Waals surface area contributed by atoms with Crippen LogP contribution >= 0.6 is 0 Å². The zero-order valence-electron chi connectivity index (χ0n) is 37.3. The van der Waals surface area contributed by atoms with Gasteiger partial charge in [0.2, 0.25) is 11.5 Å². The third-order valence-electron chi connectivity index (χ3n) is 11.6. The van der Waals surface area contributed by atoms with E-state index in [0.717, 1.165) is 78.8 Å². The molecule has 6 aromatic rings. The molecule has 5 aromatic carbocycles. The number of piperidine rings is 1. The van der Waals surface area contributed by atoms with Crippen LogP contribution in [0.4, 0.5) is 16.2 Å². The van der Waals surface area contributed by atoms with Crippen LogP contribution < -0.4 is 26.4 Å². The maximum Gasteiger partial charge on any atom is 0.411 e. The van der Waals surface area contributed by atoms with Crippen LogP contribution in [0.3, 0.4) is 0 Å². The van der Waals surface area contributed by atoms with Crippen LogP contribution in [0, 0.1) is 0 Å². The molecule has 0 saturated carbocycles.